The molecule has 0 spiro atoms. The normalized spacial score (nSPS) is 8.70. The van der Waals surface area contributed by atoms with Crippen molar-refractivity contribution in [2.45, 2.75) is 0 Å². The van der Waals surface area contributed by atoms with Crippen molar-refractivity contribution in [1.82, 2.24) is 0 Å². The summed E-state index contributed by atoms with van der Waals surface area (Å²) >= 11 is 0. The van der Waals surface area contributed by atoms with Gasteiger partial charge in [0.2, 0.25) is 0 Å². The Morgan fingerprint density at radius 3 is 0.400 bits per heavy atom. The van der Waals surface area contributed by atoms with Crippen molar-refractivity contribution in [3.05, 3.63) is 0 Å². The fourth-order valence-corrected chi connectivity index (χ4v) is 0. The minimum Gasteiger partial charge on any atom is -0.759 e. The summed E-state index contributed by atoms with van der Waals surface area (Å²) in [7, 11) is -15.5. The van der Waals surface area contributed by atoms with Crippen LogP contribution in [0, 0.1) is 0 Å². The predicted octanol–water partition coefficient (Wildman–Crippen LogP) is -6.49. The molecule has 20 heteroatoms. The topological polar surface area (TPSA) is 335 Å². The third kappa shape index (κ3) is 20300. The van der Waals surface area contributed by atoms with Crippen LogP contribution in [0.25, 0.3) is 0 Å². The molecule has 0 saturated heterocycles. The van der Waals surface area contributed by atoms with Gasteiger partial charge >= 0.3 is 34.1 Å². The molecule has 0 aliphatic carbocycles. The van der Waals surface area contributed by atoms with Crippen LogP contribution >= 0.6 is 0 Å². The van der Waals surface area contributed by atoms with Gasteiger partial charge in [-0.2, -0.15) is 0 Å². The second-order valence-corrected chi connectivity index (χ2v) is 3.67. The van der Waals surface area contributed by atoms with Crippen LogP contribution in [0.5, 0.6) is 0 Å². The van der Waals surface area contributed by atoms with Crippen molar-refractivity contribution in [3.8, 4) is 0 Å². The van der Waals surface area contributed by atoms with E-state index in [2.05, 4.69) is 0 Å². The van der Waals surface area contributed by atoms with Gasteiger partial charge in [0.05, 0.1) is 0 Å². The summed E-state index contributed by atoms with van der Waals surface area (Å²) < 4.78 is 102. The first-order valence-corrected chi connectivity index (χ1v) is 6.00. The van der Waals surface area contributed by atoms with E-state index in [0.29, 0.717) is 0 Å². The molecular formula is H6Fe2O15S3. The molecular weight excluding hydrogens is 448 g/mol. The molecule has 0 atom stereocenters. The summed E-state index contributed by atoms with van der Waals surface area (Å²) in [6.07, 6.45) is 0. The van der Waals surface area contributed by atoms with Gasteiger partial charge in [0.1, 0.15) is 0 Å². The first-order chi connectivity index (χ1) is 6.00. The van der Waals surface area contributed by atoms with Gasteiger partial charge in [0.25, 0.3) is 0 Å². The monoisotopic (exact) mass is 454 g/mol. The Kier molecular flexibility index (Phi) is 48.7. The average Bonchev–Trinajstić information content (AvgIpc) is 1.41. The maximum Gasteiger partial charge on any atom is 3.00 e. The van der Waals surface area contributed by atoms with E-state index >= 15 is 0 Å². The Bertz CT molecular complexity index is 342. The van der Waals surface area contributed by atoms with E-state index < -0.39 is 31.2 Å². The molecule has 15 nitrogen and oxygen atoms in total. The fourth-order valence-electron chi connectivity index (χ4n) is 0. The number of hydrogen-bond donors (Lipinski definition) is 0. The SMILES string of the molecule is O.O.O.O=S(=O)([O-])[O-].O=S(=O)([O-])[O-].O=S(=O)([O-])[O-].[Fe+3].[Fe+3]. The summed E-state index contributed by atoms with van der Waals surface area (Å²) in [4.78, 5) is 0. The third-order valence-electron chi connectivity index (χ3n) is 0. The molecule has 0 heterocycles. The molecule has 2 radical (unpaired) electrons. The summed E-state index contributed by atoms with van der Waals surface area (Å²) in [5, 5.41) is 0. The maximum atomic E-state index is 8.52. The van der Waals surface area contributed by atoms with Gasteiger partial charge in [0, 0.05) is 31.2 Å². The van der Waals surface area contributed by atoms with Crippen LogP contribution in [-0.2, 0) is 65.3 Å². The molecule has 0 aliphatic rings. The maximum absolute atomic E-state index is 8.52. The van der Waals surface area contributed by atoms with Crippen molar-refractivity contribution in [2.75, 3.05) is 0 Å². The van der Waals surface area contributed by atoms with Crippen LogP contribution in [0.2, 0.25) is 0 Å². The zero-order valence-electron chi connectivity index (χ0n) is 8.33. The third-order valence-corrected chi connectivity index (χ3v) is 0. The van der Waals surface area contributed by atoms with Crippen LogP contribution in [0.3, 0.4) is 0 Å². The molecule has 0 aromatic heterocycles. The van der Waals surface area contributed by atoms with Gasteiger partial charge in [-0.25, -0.2) is 0 Å². The van der Waals surface area contributed by atoms with E-state index in [1.165, 1.54) is 0 Å². The summed E-state index contributed by atoms with van der Waals surface area (Å²) in [5.41, 5.74) is 0. The Hall–Kier alpha value is 0.529. The minimum absolute atomic E-state index is 0. The van der Waals surface area contributed by atoms with Crippen molar-refractivity contribution in [1.29, 1.82) is 0 Å². The summed E-state index contributed by atoms with van der Waals surface area (Å²) in [6, 6.07) is 0. The van der Waals surface area contributed by atoms with Crippen LogP contribution in [0.15, 0.2) is 0 Å². The molecule has 0 fully saturated rings. The van der Waals surface area contributed by atoms with E-state index in [9.17, 15) is 0 Å². The number of hydrogen-bond acceptors (Lipinski definition) is 12. The molecule has 0 aromatic carbocycles. The Balaban J connectivity index is -0.0000000160. The molecule has 0 amide bonds. The van der Waals surface area contributed by atoms with Crippen molar-refractivity contribution in [2.24, 2.45) is 0 Å². The Labute approximate surface area is 134 Å². The largest absolute Gasteiger partial charge is 3.00 e. The molecule has 0 unspecified atom stereocenters. The summed E-state index contributed by atoms with van der Waals surface area (Å²) in [6.45, 7) is 0. The van der Waals surface area contributed by atoms with E-state index in [1.807, 2.05) is 0 Å². The smallest absolute Gasteiger partial charge is 0.759 e. The van der Waals surface area contributed by atoms with Crippen molar-refractivity contribution < 1.29 is 103 Å². The first kappa shape index (κ1) is 49.9. The van der Waals surface area contributed by atoms with Gasteiger partial charge < -0.3 is 43.7 Å². The van der Waals surface area contributed by atoms with E-state index in [4.69, 9.17) is 52.6 Å². The molecule has 130 valence electrons. The van der Waals surface area contributed by atoms with E-state index in [-0.39, 0.29) is 50.6 Å². The molecule has 0 aliphatic heterocycles. The van der Waals surface area contributed by atoms with Crippen LogP contribution in [-0.4, -0.2) is 69.0 Å². The van der Waals surface area contributed by atoms with E-state index in [0.717, 1.165) is 0 Å². The number of rotatable bonds is 0. The molecule has 0 aromatic rings. The van der Waals surface area contributed by atoms with Gasteiger partial charge in [0.15, 0.2) is 0 Å². The van der Waals surface area contributed by atoms with Crippen LogP contribution < -0.4 is 0 Å². The van der Waals surface area contributed by atoms with Crippen molar-refractivity contribution in [3.63, 3.8) is 0 Å². The fraction of sp³-hybridized carbons (Fsp3) is 0. The van der Waals surface area contributed by atoms with Crippen molar-refractivity contribution >= 4 is 31.2 Å². The quantitative estimate of drug-likeness (QED) is 0.187. The predicted molar refractivity (Wildman–Crippen MR) is 42.3 cm³/mol. The molecule has 0 bridgehead atoms. The van der Waals surface area contributed by atoms with E-state index in [1.54, 1.807) is 0 Å². The van der Waals surface area contributed by atoms with Gasteiger partial charge in [-0.15, -0.1) is 0 Å². The van der Waals surface area contributed by atoms with Gasteiger partial charge in [-0.1, -0.05) is 0 Å². The molecule has 6 N–H and O–H groups in total. The van der Waals surface area contributed by atoms with Gasteiger partial charge in [-0.05, 0) is 0 Å². The Morgan fingerprint density at radius 1 is 0.400 bits per heavy atom. The minimum atomic E-state index is -5.17. The van der Waals surface area contributed by atoms with Crippen LogP contribution in [0.1, 0.15) is 0 Å². The van der Waals surface area contributed by atoms with Gasteiger partial charge in [-0.3, -0.25) is 25.3 Å². The molecule has 0 saturated carbocycles. The summed E-state index contributed by atoms with van der Waals surface area (Å²) in [5.74, 6) is 0. The standard InChI is InChI=1S/2Fe.3H2O4S.3H2O/c;;3*1-5(2,3)4;;;/h;;3*(H2,1,2,3,4);3*1H2/q2*+3;;;;;;/p-6. The second-order valence-electron chi connectivity index (χ2n) is 1.22. The Morgan fingerprint density at radius 2 is 0.400 bits per heavy atom. The second kappa shape index (κ2) is 19.5. The average molecular weight is 454 g/mol. The van der Waals surface area contributed by atoms with Crippen LogP contribution in [0.4, 0.5) is 0 Å². The molecule has 0 rings (SSSR count). The first-order valence-electron chi connectivity index (χ1n) is 2.00. The zero-order chi connectivity index (χ0) is 13.5. The zero-order valence-corrected chi connectivity index (χ0v) is 13.0. The molecule has 20 heavy (non-hydrogen) atoms.